The van der Waals surface area contributed by atoms with E-state index in [4.69, 9.17) is 5.73 Å². The van der Waals surface area contributed by atoms with E-state index < -0.39 is 11.6 Å². The molecule has 0 bridgehead atoms. The van der Waals surface area contributed by atoms with Crippen LogP contribution in [0.1, 0.15) is 32.1 Å². The summed E-state index contributed by atoms with van der Waals surface area (Å²) in [7, 11) is 0. The van der Waals surface area contributed by atoms with Crippen LogP contribution in [0.3, 0.4) is 0 Å². The summed E-state index contributed by atoms with van der Waals surface area (Å²) in [6.07, 6.45) is 5.47. The van der Waals surface area contributed by atoms with Crippen LogP contribution >= 0.6 is 0 Å². The third kappa shape index (κ3) is 2.81. The van der Waals surface area contributed by atoms with Crippen LogP contribution in [0.25, 0.3) is 0 Å². The van der Waals surface area contributed by atoms with Crippen molar-refractivity contribution >= 4 is 11.5 Å². The normalized spacial score (nSPS) is 18.4. The Morgan fingerprint density at radius 2 is 1.88 bits per heavy atom. The summed E-state index contributed by atoms with van der Waals surface area (Å²) in [6.45, 7) is 0. The van der Waals surface area contributed by atoms with Crippen molar-refractivity contribution < 1.29 is 8.78 Å². The van der Waals surface area contributed by atoms with Gasteiger partial charge in [0.2, 0.25) is 0 Å². The third-order valence-corrected chi connectivity index (χ3v) is 3.20. The number of nitrogens with zero attached hydrogens (tertiary/aromatic N) is 1. The molecule has 4 heteroatoms. The number of halogens is 2. The molecule has 17 heavy (non-hydrogen) atoms. The fourth-order valence-electron chi connectivity index (χ4n) is 2.21. The monoisotopic (exact) mass is 238 g/mol. The van der Waals surface area contributed by atoms with Gasteiger partial charge in [0.25, 0.3) is 0 Å². The fourth-order valence-corrected chi connectivity index (χ4v) is 2.21. The van der Waals surface area contributed by atoms with E-state index in [1.807, 2.05) is 0 Å². The van der Waals surface area contributed by atoms with Crippen molar-refractivity contribution in [3.63, 3.8) is 0 Å². The summed E-state index contributed by atoms with van der Waals surface area (Å²) in [5, 5.41) is 0. The molecule has 0 saturated heterocycles. The average Bonchev–Trinajstić information content (AvgIpc) is 2.36. The van der Waals surface area contributed by atoms with Gasteiger partial charge in [0.05, 0.1) is 0 Å². The average molecular weight is 238 g/mol. The Bertz CT molecular complexity index is 423. The summed E-state index contributed by atoms with van der Waals surface area (Å²) < 4.78 is 26.4. The molecular weight excluding hydrogens is 222 g/mol. The van der Waals surface area contributed by atoms with Gasteiger partial charge in [0.15, 0.2) is 11.6 Å². The Morgan fingerprint density at radius 3 is 2.59 bits per heavy atom. The zero-order chi connectivity index (χ0) is 12.3. The molecule has 2 nitrogen and oxygen atoms in total. The SMILES string of the molecule is NC(=Nc1cccc(F)c1F)C1CCCCC1. The van der Waals surface area contributed by atoms with Gasteiger partial charge in [-0.2, -0.15) is 0 Å². The van der Waals surface area contributed by atoms with Gasteiger partial charge in [-0.1, -0.05) is 25.3 Å². The van der Waals surface area contributed by atoms with Gasteiger partial charge in [0.1, 0.15) is 11.5 Å². The quantitative estimate of drug-likeness (QED) is 0.621. The van der Waals surface area contributed by atoms with E-state index in [2.05, 4.69) is 4.99 Å². The van der Waals surface area contributed by atoms with Crippen LogP contribution in [0.15, 0.2) is 23.2 Å². The van der Waals surface area contributed by atoms with Crippen LogP contribution in [0.2, 0.25) is 0 Å². The van der Waals surface area contributed by atoms with Gasteiger partial charge in [0, 0.05) is 5.92 Å². The highest BCUT2D eigenvalue weighted by Crippen LogP contribution is 2.26. The molecule has 1 fully saturated rings. The number of hydrogen-bond donors (Lipinski definition) is 1. The van der Waals surface area contributed by atoms with Crippen LogP contribution < -0.4 is 5.73 Å². The molecule has 1 saturated carbocycles. The maximum Gasteiger partial charge on any atom is 0.184 e. The molecule has 0 aromatic heterocycles. The van der Waals surface area contributed by atoms with E-state index in [0.29, 0.717) is 5.84 Å². The third-order valence-electron chi connectivity index (χ3n) is 3.20. The highest BCUT2D eigenvalue weighted by Gasteiger charge is 2.17. The van der Waals surface area contributed by atoms with Crippen molar-refractivity contribution in [2.75, 3.05) is 0 Å². The Labute approximate surface area is 99.5 Å². The summed E-state index contributed by atoms with van der Waals surface area (Å²) in [5.74, 6) is -1.17. The highest BCUT2D eigenvalue weighted by atomic mass is 19.2. The maximum atomic E-state index is 13.4. The van der Waals surface area contributed by atoms with Crippen molar-refractivity contribution in [3.05, 3.63) is 29.8 Å². The van der Waals surface area contributed by atoms with E-state index in [9.17, 15) is 8.78 Å². The van der Waals surface area contributed by atoms with Gasteiger partial charge in [-0.15, -0.1) is 0 Å². The zero-order valence-corrected chi connectivity index (χ0v) is 9.63. The molecule has 2 N–H and O–H groups in total. The molecule has 1 aliphatic rings. The van der Waals surface area contributed by atoms with E-state index in [1.165, 1.54) is 18.6 Å². The first kappa shape index (κ1) is 12.0. The molecule has 1 aliphatic carbocycles. The topological polar surface area (TPSA) is 38.4 Å². The van der Waals surface area contributed by atoms with E-state index in [-0.39, 0.29) is 11.6 Å². The number of hydrogen-bond acceptors (Lipinski definition) is 1. The minimum absolute atomic E-state index is 0.00641. The molecule has 1 aromatic carbocycles. The first-order chi connectivity index (χ1) is 8.18. The summed E-state index contributed by atoms with van der Waals surface area (Å²) in [4.78, 5) is 4.02. The van der Waals surface area contributed by atoms with Gasteiger partial charge in [-0.05, 0) is 25.0 Å². The van der Waals surface area contributed by atoms with Crippen molar-refractivity contribution in [1.29, 1.82) is 0 Å². The van der Waals surface area contributed by atoms with Crippen LogP contribution in [0.5, 0.6) is 0 Å². The van der Waals surface area contributed by atoms with Crippen LogP contribution in [-0.4, -0.2) is 5.84 Å². The molecular formula is C13H16F2N2. The van der Waals surface area contributed by atoms with Gasteiger partial charge in [-0.3, -0.25) is 0 Å². The summed E-state index contributed by atoms with van der Waals surface area (Å²) in [6, 6.07) is 3.95. The van der Waals surface area contributed by atoms with Crippen LogP contribution in [0, 0.1) is 17.6 Å². The Morgan fingerprint density at radius 1 is 1.18 bits per heavy atom. The first-order valence-corrected chi connectivity index (χ1v) is 5.96. The molecule has 2 rings (SSSR count). The predicted molar refractivity (Wildman–Crippen MR) is 64.2 cm³/mol. The first-order valence-electron chi connectivity index (χ1n) is 5.96. The largest absolute Gasteiger partial charge is 0.387 e. The minimum Gasteiger partial charge on any atom is -0.387 e. The number of rotatable bonds is 2. The number of nitrogens with two attached hydrogens (primary N) is 1. The molecule has 0 amide bonds. The van der Waals surface area contributed by atoms with Crippen molar-refractivity contribution in [2.24, 2.45) is 16.6 Å². The summed E-state index contributed by atoms with van der Waals surface area (Å²) >= 11 is 0. The lowest BCUT2D eigenvalue weighted by Gasteiger charge is -2.20. The smallest absolute Gasteiger partial charge is 0.184 e. The van der Waals surface area contributed by atoms with Crippen LogP contribution in [0.4, 0.5) is 14.5 Å². The number of aliphatic imine (C=N–C) groups is 1. The Hall–Kier alpha value is -1.45. The van der Waals surface area contributed by atoms with E-state index in [0.717, 1.165) is 31.7 Å². The molecule has 0 spiro atoms. The van der Waals surface area contributed by atoms with Gasteiger partial charge < -0.3 is 5.73 Å². The standard InChI is InChI=1S/C13H16F2N2/c14-10-7-4-8-11(12(10)15)17-13(16)9-5-2-1-3-6-9/h4,7-9H,1-3,5-6H2,(H2,16,17). The van der Waals surface area contributed by atoms with Gasteiger partial charge >= 0.3 is 0 Å². The predicted octanol–water partition coefficient (Wildman–Crippen LogP) is 3.53. The minimum atomic E-state index is -0.925. The molecule has 92 valence electrons. The molecule has 0 unspecified atom stereocenters. The van der Waals surface area contributed by atoms with Crippen LogP contribution in [-0.2, 0) is 0 Å². The van der Waals surface area contributed by atoms with Gasteiger partial charge in [-0.25, -0.2) is 13.8 Å². The highest BCUT2D eigenvalue weighted by molar-refractivity contribution is 5.85. The fraction of sp³-hybridized carbons (Fsp3) is 0.462. The molecule has 1 aromatic rings. The van der Waals surface area contributed by atoms with Crippen molar-refractivity contribution in [2.45, 2.75) is 32.1 Å². The lowest BCUT2D eigenvalue weighted by atomic mass is 9.88. The lowest BCUT2D eigenvalue weighted by molar-refractivity contribution is 0.437. The Balaban J connectivity index is 2.19. The summed E-state index contributed by atoms with van der Waals surface area (Å²) in [5.41, 5.74) is 5.85. The van der Waals surface area contributed by atoms with Crippen molar-refractivity contribution in [1.82, 2.24) is 0 Å². The van der Waals surface area contributed by atoms with E-state index in [1.54, 1.807) is 0 Å². The van der Waals surface area contributed by atoms with E-state index >= 15 is 0 Å². The molecule has 0 radical (unpaired) electrons. The molecule has 0 aliphatic heterocycles. The lowest BCUT2D eigenvalue weighted by Crippen LogP contribution is -2.25. The second-order valence-electron chi connectivity index (χ2n) is 4.44. The second-order valence-corrected chi connectivity index (χ2v) is 4.44. The van der Waals surface area contributed by atoms with Crippen molar-refractivity contribution in [3.8, 4) is 0 Å². The Kier molecular flexibility index (Phi) is 3.71. The molecule has 0 atom stereocenters. The molecule has 0 heterocycles. The zero-order valence-electron chi connectivity index (χ0n) is 9.63. The maximum absolute atomic E-state index is 13.4. The number of benzene rings is 1. The second kappa shape index (κ2) is 5.25. The number of amidine groups is 1.